The van der Waals surface area contributed by atoms with Crippen molar-refractivity contribution in [3.05, 3.63) is 59.2 Å². The van der Waals surface area contributed by atoms with Gasteiger partial charge in [-0.1, -0.05) is 42.1 Å². The average Bonchev–Trinajstić information content (AvgIpc) is 2.87. The van der Waals surface area contributed by atoms with Crippen LogP contribution in [-0.2, 0) is 14.3 Å². The quantitative estimate of drug-likeness (QED) is 0.477. The van der Waals surface area contributed by atoms with Crippen molar-refractivity contribution in [1.29, 1.82) is 0 Å². The summed E-state index contributed by atoms with van der Waals surface area (Å²) < 4.78 is 5.47. The van der Waals surface area contributed by atoms with Crippen LogP contribution in [0.15, 0.2) is 52.3 Å². The molecule has 7 heteroatoms. The highest BCUT2D eigenvalue weighted by Crippen LogP contribution is 2.48. The van der Waals surface area contributed by atoms with Gasteiger partial charge in [0.2, 0.25) is 5.91 Å². The maximum atomic E-state index is 12.4. The topological polar surface area (TPSA) is 75.9 Å². The fourth-order valence-electron chi connectivity index (χ4n) is 5.18. The number of likely N-dealkylation sites (tertiary alicyclic amines) is 1. The second kappa shape index (κ2) is 12.3. The molecule has 0 radical (unpaired) electrons. The molecule has 2 aliphatic rings. The molecule has 4 rings (SSSR count). The van der Waals surface area contributed by atoms with E-state index >= 15 is 0 Å². The van der Waals surface area contributed by atoms with Crippen LogP contribution in [0.3, 0.4) is 0 Å². The highest BCUT2D eigenvalue weighted by Gasteiger charge is 2.29. The third kappa shape index (κ3) is 6.50. The zero-order chi connectivity index (χ0) is 25.7. The van der Waals surface area contributed by atoms with Crippen molar-refractivity contribution in [1.82, 2.24) is 9.80 Å². The number of carbonyl (C=O) groups is 2. The molecule has 0 saturated carbocycles. The minimum Gasteiger partial charge on any atom is -0.464 e. The number of rotatable bonds is 10. The lowest BCUT2D eigenvalue weighted by Crippen LogP contribution is -2.38. The van der Waals surface area contributed by atoms with Gasteiger partial charge in [0.25, 0.3) is 0 Å². The third-order valence-corrected chi connectivity index (χ3v) is 8.70. The average molecular weight is 510 g/mol. The molecule has 0 bridgehead atoms. The fraction of sp³-hybridized carbons (Fsp3) is 0.517. The van der Waals surface area contributed by atoms with Crippen molar-refractivity contribution >= 4 is 23.6 Å². The number of amides is 1. The summed E-state index contributed by atoms with van der Waals surface area (Å²) in [5.74, 6) is -0.287. The van der Waals surface area contributed by atoms with Crippen LogP contribution in [0.2, 0.25) is 0 Å². The fourth-order valence-corrected chi connectivity index (χ4v) is 6.35. The molecule has 2 unspecified atom stereocenters. The van der Waals surface area contributed by atoms with Crippen molar-refractivity contribution < 1.29 is 14.3 Å². The van der Waals surface area contributed by atoms with Crippen LogP contribution in [0, 0.1) is 5.92 Å². The minimum atomic E-state index is -0.297. The Morgan fingerprint density at radius 1 is 1.11 bits per heavy atom. The minimum absolute atomic E-state index is 0.0307. The van der Waals surface area contributed by atoms with Gasteiger partial charge in [0.1, 0.15) is 6.61 Å². The van der Waals surface area contributed by atoms with Gasteiger partial charge in [0, 0.05) is 22.3 Å². The van der Waals surface area contributed by atoms with E-state index in [1.165, 1.54) is 20.9 Å². The molecule has 2 aliphatic heterocycles. The SMILES string of the molecule is CC(C(N)=O)c1ccc2c(c1)C(CCCN1CCC(C(=O)OCCN(C)C)CC1)c1ccccc1S2. The molecule has 1 amide bonds. The molecule has 1 saturated heterocycles. The van der Waals surface area contributed by atoms with Gasteiger partial charge in [0.05, 0.1) is 11.8 Å². The first-order valence-corrected chi connectivity index (χ1v) is 13.9. The lowest BCUT2D eigenvalue weighted by atomic mass is 9.84. The standard InChI is InChI=1S/C29H39N3O3S/c1-20(28(30)33)22-10-11-27-25(19-22)23(24-7-4-5-9-26(24)36-27)8-6-14-32-15-12-21(13-16-32)29(34)35-18-17-31(2)3/h4-5,7,9-11,19-21,23H,6,8,12-18H2,1-3H3,(H2,30,33). The molecular formula is C29H39N3O3S. The Bertz CT molecular complexity index is 1070. The van der Waals surface area contributed by atoms with Crippen molar-refractivity contribution in [2.45, 2.75) is 54.2 Å². The molecule has 2 atom stereocenters. The van der Waals surface area contributed by atoms with Crippen molar-refractivity contribution in [3.8, 4) is 0 Å². The van der Waals surface area contributed by atoms with Crippen LogP contribution in [0.5, 0.6) is 0 Å². The molecule has 0 aliphatic carbocycles. The van der Waals surface area contributed by atoms with E-state index in [2.05, 4.69) is 41.3 Å². The normalized spacial score (nSPS) is 18.9. The van der Waals surface area contributed by atoms with Gasteiger partial charge in [-0.15, -0.1) is 0 Å². The third-order valence-electron chi connectivity index (χ3n) is 7.52. The van der Waals surface area contributed by atoms with Gasteiger partial charge in [-0.05, 0) is 95.2 Å². The Balaban J connectivity index is 1.35. The highest BCUT2D eigenvalue weighted by atomic mass is 32.2. The Labute approximate surface area is 219 Å². The Morgan fingerprint density at radius 2 is 1.83 bits per heavy atom. The Kier molecular flexibility index (Phi) is 9.09. The smallest absolute Gasteiger partial charge is 0.309 e. The summed E-state index contributed by atoms with van der Waals surface area (Å²) in [5, 5.41) is 0. The predicted octanol–water partition coefficient (Wildman–Crippen LogP) is 4.47. The molecule has 6 nitrogen and oxygen atoms in total. The summed E-state index contributed by atoms with van der Waals surface area (Å²) in [7, 11) is 3.96. The van der Waals surface area contributed by atoms with Crippen LogP contribution < -0.4 is 5.73 Å². The number of carbonyl (C=O) groups excluding carboxylic acids is 2. The number of primary amides is 1. The van der Waals surface area contributed by atoms with Crippen LogP contribution >= 0.6 is 11.8 Å². The molecule has 0 spiro atoms. The number of piperidine rings is 1. The van der Waals surface area contributed by atoms with Crippen LogP contribution in [0.4, 0.5) is 0 Å². The number of likely N-dealkylation sites (N-methyl/N-ethyl adjacent to an activating group) is 1. The van der Waals surface area contributed by atoms with Crippen LogP contribution in [0.1, 0.15) is 61.1 Å². The number of esters is 1. The molecule has 2 heterocycles. The summed E-state index contributed by atoms with van der Waals surface area (Å²) in [6.07, 6.45) is 3.88. The van der Waals surface area contributed by atoms with Gasteiger partial charge < -0.3 is 20.3 Å². The van der Waals surface area contributed by atoms with Gasteiger partial charge >= 0.3 is 5.97 Å². The molecule has 194 valence electrons. The van der Waals surface area contributed by atoms with Crippen molar-refractivity contribution in [3.63, 3.8) is 0 Å². The van der Waals surface area contributed by atoms with E-state index in [1.54, 1.807) is 0 Å². The number of benzene rings is 2. The maximum Gasteiger partial charge on any atom is 0.309 e. The number of ether oxygens (including phenoxy) is 1. The molecule has 2 aromatic rings. The zero-order valence-electron chi connectivity index (χ0n) is 21.7. The summed E-state index contributed by atoms with van der Waals surface area (Å²) in [6, 6.07) is 15.1. The lowest BCUT2D eigenvalue weighted by molar-refractivity contribution is -0.150. The van der Waals surface area contributed by atoms with Crippen LogP contribution in [-0.4, -0.2) is 68.6 Å². The zero-order valence-corrected chi connectivity index (χ0v) is 22.6. The first kappa shape index (κ1) is 26.7. The van der Waals surface area contributed by atoms with E-state index in [9.17, 15) is 9.59 Å². The number of nitrogens with two attached hydrogens (primary N) is 1. The monoisotopic (exact) mass is 509 g/mol. The summed E-state index contributed by atoms with van der Waals surface area (Å²) in [4.78, 5) is 31.3. The summed E-state index contributed by atoms with van der Waals surface area (Å²) >= 11 is 1.81. The lowest BCUT2D eigenvalue weighted by Gasteiger charge is -2.32. The van der Waals surface area contributed by atoms with Gasteiger partial charge in [-0.3, -0.25) is 9.59 Å². The molecule has 0 aromatic heterocycles. The van der Waals surface area contributed by atoms with Crippen molar-refractivity contribution in [2.75, 3.05) is 46.9 Å². The van der Waals surface area contributed by atoms with Gasteiger partial charge in [-0.25, -0.2) is 0 Å². The first-order chi connectivity index (χ1) is 17.3. The van der Waals surface area contributed by atoms with E-state index in [0.717, 1.165) is 57.4 Å². The highest BCUT2D eigenvalue weighted by molar-refractivity contribution is 7.99. The molecule has 2 N–H and O–H groups in total. The number of hydrogen-bond acceptors (Lipinski definition) is 6. The first-order valence-electron chi connectivity index (χ1n) is 13.1. The summed E-state index contributed by atoms with van der Waals surface area (Å²) in [6.45, 7) is 6.03. The predicted molar refractivity (Wildman–Crippen MR) is 144 cm³/mol. The molecular weight excluding hydrogens is 470 g/mol. The van der Waals surface area contributed by atoms with E-state index in [-0.39, 0.29) is 23.7 Å². The Hall–Kier alpha value is -2.35. The van der Waals surface area contributed by atoms with E-state index in [4.69, 9.17) is 10.5 Å². The second-order valence-electron chi connectivity index (χ2n) is 10.3. The second-order valence-corrected chi connectivity index (χ2v) is 11.4. The Morgan fingerprint density at radius 3 is 2.56 bits per heavy atom. The number of hydrogen-bond donors (Lipinski definition) is 1. The van der Waals surface area contributed by atoms with Crippen LogP contribution in [0.25, 0.3) is 0 Å². The molecule has 2 aromatic carbocycles. The van der Waals surface area contributed by atoms with Gasteiger partial charge in [0.15, 0.2) is 0 Å². The summed E-state index contributed by atoms with van der Waals surface area (Å²) in [5.41, 5.74) is 9.28. The van der Waals surface area contributed by atoms with E-state index in [0.29, 0.717) is 12.5 Å². The number of fused-ring (bicyclic) bond motifs is 2. The van der Waals surface area contributed by atoms with Gasteiger partial charge in [-0.2, -0.15) is 0 Å². The molecule has 36 heavy (non-hydrogen) atoms. The van der Waals surface area contributed by atoms with Crippen molar-refractivity contribution in [2.24, 2.45) is 11.7 Å². The van der Waals surface area contributed by atoms with E-state index < -0.39 is 0 Å². The van der Waals surface area contributed by atoms with E-state index in [1.807, 2.05) is 43.7 Å². The maximum absolute atomic E-state index is 12.4. The molecule has 1 fully saturated rings. The number of nitrogens with zero attached hydrogens (tertiary/aromatic N) is 2. The largest absolute Gasteiger partial charge is 0.464 e.